The Morgan fingerprint density at radius 1 is 1.18 bits per heavy atom. The molecule has 1 N–H and O–H groups in total. The van der Waals surface area contributed by atoms with Crippen LogP contribution in [0.3, 0.4) is 0 Å². The molecule has 0 aliphatic rings. The molecule has 0 aliphatic heterocycles. The summed E-state index contributed by atoms with van der Waals surface area (Å²) in [5, 5.41) is 8.70. The number of esters is 1. The lowest BCUT2D eigenvalue weighted by molar-refractivity contribution is -0.351. The third-order valence-corrected chi connectivity index (χ3v) is 1.78. The van der Waals surface area contributed by atoms with Gasteiger partial charge >= 0.3 is 18.3 Å². The number of aliphatic hydroxyl groups is 1. The molecule has 0 radical (unpaired) electrons. The quantitative estimate of drug-likeness (QED) is 0.482. The highest BCUT2D eigenvalue weighted by Gasteiger charge is 2.73. The summed E-state index contributed by atoms with van der Waals surface area (Å²) in [7, 11) is 0. The van der Waals surface area contributed by atoms with Crippen LogP contribution in [0, 0.1) is 0 Å². The van der Waals surface area contributed by atoms with Crippen LogP contribution in [0.15, 0.2) is 12.2 Å². The van der Waals surface area contributed by atoms with Crippen molar-refractivity contribution in [2.24, 2.45) is 0 Å². The zero-order valence-corrected chi connectivity index (χ0v) is 8.45. The Morgan fingerprint density at radius 3 is 1.76 bits per heavy atom. The lowest BCUT2D eigenvalue weighted by Crippen LogP contribution is -2.59. The van der Waals surface area contributed by atoms with E-state index in [9.17, 15) is 31.1 Å². The van der Waals surface area contributed by atoms with E-state index in [1.807, 2.05) is 0 Å². The van der Waals surface area contributed by atoms with Gasteiger partial charge in [0.1, 0.15) is 0 Å². The Hall–Kier alpha value is -1.25. The van der Waals surface area contributed by atoms with Crippen LogP contribution in [0.4, 0.5) is 26.3 Å². The van der Waals surface area contributed by atoms with Gasteiger partial charge in [0.05, 0.1) is 12.2 Å². The number of alkyl halides is 6. The first-order valence-corrected chi connectivity index (χ1v) is 4.12. The smallest absolute Gasteiger partial charge is 0.430 e. The molecule has 9 heteroatoms. The summed E-state index contributed by atoms with van der Waals surface area (Å²) in [5.41, 5.74) is -7.44. The fourth-order valence-corrected chi connectivity index (χ4v) is 0.869. The van der Waals surface area contributed by atoms with Gasteiger partial charge in [-0.1, -0.05) is 6.58 Å². The van der Waals surface area contributed by atoms with E-state index < -0.39 is 36.1 Å². The molecule has 0 heterocycles. The second kappa shape index (κ2) is 4.55. The normalized spacial score (nSPS) is 13.4. The van der Waals surface area contributed by atoms with Gasteiger partial charge in [-0.2, -0.15) is 26.3 Å². The van der Waals surface area contributed by atoms with Gasteiger partial charge in [-0.3, -0.25) is 0 Å². The van der Waals surface area contributed by atoms with E-state index in [0.717, 1.165) is 0 Å². The molecule has 3 nitrogen and oxygen atoms in total. The van der Waals surface area contributed by atoms with Gasteiger partial charge in [0.15, 0.2) is 0 Å². The van der Waals surface area contributed by atoms with Crippen molar-refractivity contribution in [3.8, 4) is 0 Å². The topological polar surface area (TPSA) is 46.5 Å². The summed E-state index contributed by atoms with van der Waals surface area (Å²) in [4.78, 5) is 10.8. The largest absolute Gasteiger partial charge is 0.463 e. The van der Waals surface area contributed by atoms with Gasteiger partial charge in [-0.25, -0.2) is 4.79 Å². The molecule has 0 fully saturated rings. The number of rotatable bonds is 3. The van der Waals surface area contributed by atoms with Crippen molar-refractivity contribution in [1.29, 1.82) is 0 Å². The molecule has 100 valence electrons. The molecule has 0 amide bonds. The highest BCUT2D eigenvalue weighted by molar-refractivity contribution is 5.90. The molecule has 0 aromatic carbocycles. The average Bonchev–Trinajstić information content (AvgIpc) is 2.12. The number of hydrogen-bond donors (Lipinski definition) is 1. The van der Waals surface area contributed by atoms with Crippen molar-refractivity contribution in [1.82, 2.24) is 0 Å². The van der Waals surface area contributed by atoms with Crippen molar-refractivity contribution >= 4 is 5.97 Å². The highest BCUT2D eigenvalue weighted by Crippen LogP contribution is 2.47. The predicted octanol–water partition coefficient (Wildman–Crippen LogP) is 1.96. The summed E-state index contributed by atoms with van der Waals surface area (Å²) >= 11 is 0. The number of ether oxygens (including phenoxy) is 1. The van der Waals surface area contributed by atoms with Crippen LogP contribution in [0.5, 0.6) is 0 Å². The molecule has 0 bridgehead atoms. The van der Waals surface area contributed by atoms with Gasteiger partial charge in [-0.05, 0) is 6.92 Å². The van der Waals surface area contributed by atoms with Crippen LogP contribution in [-0.4, -0.2) is 35.6 Å². The molecule has 0 aliphatic carbocycles. The summed E-state index contributed by atoms with van der Waals surface area (Å²) in [6.07, 6.45) is -12.3. The predicted molar refractivity (Wildman–Crippen MR) is 42.8 cm³/mol. The first-order valence-electron chi connectivity index (χ1n) is 4.12. The van der Waals surface area contributed by atoms with Crippen LogP contribution in [0.25, 0.3) is 0 Å². The maximum absolute atomic E-state index is 12.2. The van der Waals surface area contributed by atoms with Crippen molar-refractivity contribution in [2.45, 2.75) is 24.9 Å². The lowest BCUT2D eigenvalue weighted by Gasteiger charge is -2.32. The minimum Gasteiger partial charge on any atom is -0.463 e. The molecule has 0 atom stereocenters. The number of carbonyl (C=O) groups is 1. The molecule has 0 unspecified atom stereocenters. The molecule has 0 rings (SSSR count). The molecule has 0 spiro atoms. The Balaban J connectivity index is 5.53. The fraction of sp³-hybridized carbons (Fsp3) is 0.625. The second-order valence-electron chi connectivity index (χ2n) is 2.90. The van der Waals surface area contributed by atoms with Gasteiger partial charge in [0, 0.05) is 0 Å². The molecular formula is C8H8F6O3. The Bertz CT molecular complexity index is 302. The zero-order valence-electron chi connectivity index (χ0n) is 8.45. The summed E-state index contributed by atoms with van der Waals surface area (Å²) < 4.78 is 77.2. The number of hydrogen-bond acceptors (Lipinski definition) is 3. The average molecular weight is 266 g/mol. The summed E-state index contributed by atoms with van der Waals surface area (Å²) in [5.74, 6) is -1.97. The van der Waals surface area contributed by atoms with E-state index in [0.29, 0.717) is 0 Å². The molecule has 0 aromatic rings. The summed E-state index contributed by atoms with van der Waals surface area (Å²) in [6.45, 7) is 3.03. The van der Waals surface area contributed by atoms with E-state index in [1.54, 1.807) is 0 Å². The van der Waals surface area contributed by atoms with Crippen LogP contribution < -0.4 is 0 Å². The van der Waals surface area contributed by atoms with Crippen molar-refractivity contribution < 1.29 is 41.0 Å². The minimum atomic E-state index is -6.13. The molecule has 0 saturated heterocycles. The van der Waals surface area contributed by atoms with E-state index >= 15 is 0 Å². The van der Waals surface area contributed by atoms with Crippen LogP contribution in [-0.2, 0) is 9.53 Å². The van der Waals surface area contributed by atoms with Gasteiger partial charge in [-0.15, -0.1) is 0 Å². The van der Waals surface area contributed by atoms with E-state index in [4.69, 9.17) is 5.11 Å². The van der Waals surface area contributed by atoms with Crippen LogP contribution in [0.1, 0.15) is 6.92 Å². The van der Waals surface area contributed by atoms with Gasteiger partial charge in [0.2, 0.25) is 0 Å². The number of halogens is 6. The lowest BCUT2D eigenvalue weighted by atomic mass is 9.93. The van der Waals surface area contributed by atoms with E-state index in [1.165, 1.54) is 6.92 Å². The standard InChI is InChI=1S/C8H8F6O3/c1-3-17-5(15)4(2)6(16,7(9,10)11)8(12,13)14/h16H,2-3H2,1H3. The maximum Gasteiger partial charge on any atom is 0.430 e. The first-order chi connectivity index (χ1) is 7.39. The first kappa shape index (κ1) is 15.8. The van der Waals surface area contributed by atoms with Crippen molar-refractivity contribution in [3.05, 3.63) is 12.2 Å². The molecule has 17 heavy (non-hydrogen) atoms. The highest BCUT2D eigenvalue weighted by atomic mass is 19.4. The maximum atomic E-state index is 12.2. The van der Waals surface area contributed by atoms with Crippen LogP contribution in [0.2, 0.25) is 0 Å². The fourth-order valence-electron chi connectivity index (χ4n) is 0.869. The number of carbonyl (C=O) groups excluding carboxylic acids is 1. The summed E-state index contributed by atoms with van der Waals surface area (Å²) in [6, 6.07) is 0. The van der Waals surface area contributed by atoms with Crippen molar-refractivity contribution in [2.75, 3.05) is 6.61 Å². The molecule has 0 aromatic heterocycles. The van der Waals surface area contributed by atoms with Gasteiger partial charge < -0.3 is 9.84 Å². The molecule has 0 saturated carbocycles. The monoisotopic (exact) mass is 266 g/mol. The van der Waals surface area contributed by atoms with Gasteiger partial charge in [0.25, 0.3) is 5.60 Å². The van der Waals surface area contributed by atoms with Crippen LogP contribution >= 0.6 is 0 Å². The van der Waals surface area contributed by atoms with Crippen molar-refractivity contribution in [3.63, 3.8) is 0 Å². The SMILES string of the molecule is C=C(C(=O)OCC)C(O)(C(F)(F)F)C(F)(F)F. The molecular weight excluding hydrogens is 258 g/mol. The van der Waals surface area contributed by atoms with E-state index in [-0.39, 0.29) is 0 Å². The third-order valence-electron chi connectivity index (χ3n) is 1.78. The Kier molecular flexibility index (Phi) is 4.22. The minimum absolute atomic E-state index is 0.455. The Labute approximate surface area is 91.7 Å². The van der Waals surface area contributed by atoms with E-state index in [2.05, 4.69) is 11.3 Å². The third kappa shape index (κ3) is 2.71. The Morgan fingerprint density at radius 2 is 1.53 bits per heavy atom. The zero-order chi connectivity index (χ0) is 14.1. The second-order valence-corrected chi connectivity index (χ2v) is 2.90.